The summed E-state index contributed by atoms with van der Waals surface area (Å²) in [7, 11) is 0. The molecule has 1 unspecified atom stereocenters. The standard InChI is InChI=1S/C9H15F3N2O3/c1-3-13-5-4-6(15)14-8(2,7(16)17)9(10,11)12/h13H,3-5H2,1-2H3,(H,14,15)(H,16,17). The summed E-state index contributed by atoms with van der Waals surface area (Å²) < 4.78 is 37.5. The Morgan fingerprint density at radius 3 is 2.18 bits per heavy atom. The van der Waals surface area contributed by atoms with Crippen LogP contribution in [0.15, 0.2) is 0 Å². The number of carbonyl (C=O) groups excluding carboxylic acids is 1. The van der Waals surface area contributed by atoms with Gasteiger partial charge in [0, 0.05) is 13.0 Å². The summed E-state index contributed by atoms with van der Waals surface area (Å²) >= 11 is 0. The predicted octanol–water partition coefficient (Wildman–Crippen LogP) is 0.508. The van der Waals surface area contributed by atoms with Gasteiger partial charge in [-0.3, -0.25) is 4.79 Å². The molecule has 0 heterocycles. The summed E-state index contributed by atoms with van der Waals surface area (Å²) in [5, 5.41) is 12.8. The number of hydrogen-bond donors (Lipinski definition) is 3. The molecule has 0 aliphatic heterocycles. The van der Waals surface area contributed by atoms with E-state index >= 15 is 0 Å². The van der Waals surface area contributed by atoms with Crippen molar-refractivity contribution in [3.8, 4) is 0 Å². The fraction of sp³-hybridized carbons (Fsp3) is 0.778. The Bertz CT molecular complexity index is 294. The molecule has 0 fully saturated rings. The van der Waals surface area contributed by atoms with E-state index in [-0.39, 0.29) is 13.0 Å². The molecule has 8 heteroatoms. The third-order valence-electron chi connectivity index (χ3n) is 2.16. The summed E-state index contributed by atoms with van der Waals surface area (Å²) in [5.41, 5.74) is -3.25. The van der Waals surface area contributed by atoms with Gasteiger partial charge in [0.1, 0.15) is 0 Å². The molecular formula is C9H15F3N2O3. The lowest BCUT2D eigenvalue weighted by atomic mass is 10.0. The first-order valence-electron chi connectivity index (χ1n) is 4.97. The van der Waals surface area contributed by atoms with Gasteiger partial charge in [-0.15, -0.1) is 0 Å². The van der Waals surface area contributed by atoms with Crippen LogP contribution < -0.4 is 10.6 Å². The number of carboxylic acids is 1. The SMILES string of the molecule is CCNCCC(=O)NC(C)(C(=O)O)C(F)(F)F. The molecule has 0 aromatic rings. The lowest BCUT2D eigenvalue weighted by Gasteiger charge is -2.28. The van der Waals surface area contributed by atoms with Crippen molar-refractivity contribution in [3.63, 3.8) is 0 Å². The Morgan fingerprint density at radius 1 is 1.29 bits per heavy atom. The number of halogens is 3. The van der Waals surface area contributed by atoms with Gasteiger partial charge in [0.15, 0.2) is 0 Å². The van der Waals surface area contributed by atoms with E-state index in [0.29, 0.717) is 13.5 Å². The molecule has 17 heavy (non-hydrogen) atoms. The van der Waals surface area contributed by atoms with E-state index in [1.807, 2.05) is 0 Å². The second-order valence-electron chi connectivity index (χ2n) is 3.58. The molecule has 100 valence electrons. The van der Waals surface area contributed by atoms with Crippen molar-refractivity contribution in [2.75, 3.05) is 13.1 Å². The molecule has 1 atom stereocenters. The van der Waals surface area contributed by atoms with E-state index in [2.05, 4.69) is 5.32 Å². The number of nitrogens with one attached hydrogen (secondary N) is 2. The number of aliphatic carboxylic acids is 1. The number of alkyl halides is 3. The van der Waals surface area contributed by atoms with Crippen molar-refractivity contribution in [2.24, 2.45) is 0 Å². The molecule has 0 radical (unpaired) electrons. The van der Waals surface area contributed by atoms with Gasteiger partial charge >= 0.3 is 12.1 Å². The zero-order valence-corrected chi connectivity index (χ0v) is 9.52. The maximum absolute atomic E-state index is 12.5. The number of rotatable bonds is 6. The molecule has 0 saturated heterocycles. The van der Waals surface area contributed by atoms with Gasteiger partial charge < -0.3 is 15.7 Å². The van der Waals surface area contributed by atoms with Crippen molar-refractivity contribution in [3.05, 3.63) is 0 Å². The van der Waals surface area contributed by atoms with Gasteiger partial charge in [0.25, 0.3) is 0 Å². The minimum atomic E-state index is -5.05. The highest BCUT2D eigenvalue weighted by molar-refractivity contribution is 5.87. The van der Waals surface area contributed by atoms with Gasteiger partial charge in [-0.1, -0.05) is 6.92 Å². The quantitative estimate of drug-likeness (QED) is 0.605. The topological polar surface area (TPSA) is 78.4 Å². The molecule has 0 rings (SSSR count). The number of hydrogen-bond acceptors (Lipinski definition) is 3. The van der Waals surface area contributed by atoms with Gasteiger partial charge in [0.2, 0.25) is 11.4 Å². The summed E-state index contributed by atoms with van der Waals surface area (Å²) in [6.07, 6.45) is -5.26. The van der Waals surface area contributed by atoms with Gasteiger partial charge in [-0.25, -0.2) is 4.79 Å². The Morgan fingerprint density at radius 2 is 1.82 bits per heavy atom. The average Bonchev–Trinajstić information content (AvgIpc) is 2.15. The van der Waals surface area contributed by atoms with E-state index in [1.54, 1.807) is 6.92 Å². The van der Waals surface area contributed by atoms with Crippen molar-refractivity contribution in [2.45, 2.75) is 32.0 Å². The van der Waals surface area contributed by atoms with Crippen LogP contribution >= 0.6 is 0 Å². The number of carboxylic acid groups (broad SMARTS) is 1. The van der Waals surface area contributed by atoms with Crippen LogP contribution in [-0.4, -0.2) is 41.8 Å². The molecule has 0 aromatic carbocycles. The first-order valence-corrected chi connectivity index (χ1v) is 4.97. The summed E-state index contributed by atoms with van der Waals surface area (Å²) in [6.45, 7) is 2.95. The molecule has 0 aliphatic carbocycles. The Balaban J connectivity index is 4.58. The highest BCUT2D eigenvalue weighted by atomic mass is 19.4. The molecule has 0 aromatic heterocycles. The van der Waals surface area contributed by atoms with Crippen molar-refractivity contribution in [1.82, 2.24) is 10.6 Å². The molecule has 0 spiro atoms. The van der Waals surface area contributed by atoms with Gasteiger partial charge in [-0.2, -0.15) is 13.2 Å². The van der Waals surface area contributed by atoms with E-state index < -0.39 is 23.6 Å². The van der Waals surface area contributed by atoms with Crippen LogP contribution in [0.5, 0.6) is 0 Å². The molecule has 1 amide bonds. The van der Waals surface area contributed by atoms with Crippen LogP contribution in [0, 0.1) is 0 Å². The number of amides is 1. The highest BCUT2D eigenvalue weighted by Gasteiger charge is 2.58. The largest absolute Gasteiger partial charge is 0.479 e. The van der Waals surface area contributed by atoms with Crippen LogP contribution in [0.25, 0.3) is 0 Å². The minimum absolute atomic E-state index is 0.190. The first kappa shape index (κ1) is 15.7. The highest BCUT2D eigenvalue weighted by Crippen LogP contribution is 2.30. The minimum Gasteiger partial charge on any atom is -0.479 e. The van der Waals surface area contributed by atoms with Gasteiger partial charge in [-0.05, 0) is 13.5 Å². The number of carbonyl (C=O) groups is 2. The van der Waals surface area contributed by atoms with Crippen LogP contribution in [0.1, 0.15) is 20.3 Å². The van der Waals surface area contributed by atoms with E-state index in [1.165, 1.54) is 5.32 Å². The molecule has 0 aliphatic rings. The fourth-order valence-electron chi connectivity index (χ4n) is 0.966. The van der Waals surface area contributed by atoms with E-state index in [0.717, 1.165) is 0 Å². The maximum Gasteiger partial charge on any atom is 0.422 e. The Kier molecular flexibility index (Phi) is 5.40. The molecular weight excluding hydrogens is 241 g/mol. The lowest BCUT2D eigenvalue weighted by molar-refractivity contribution is -0.206. The monoisotopic (exact) mass is 256 g/mol. The van der Waals surface area contributed by atoms with Crippen LogP contribution in [0.3, 0.4) is 0 Å². The second-order valence-corrected chi connectivity index (χ2v) is 3.58. The van der Waals surface area contributed by atoms with Crippen LogP contribution in [-0.2, 0) is 9.59 Å². The van der Waals surface area contributed by atoms with Crippen molar-refractivity contribution in [1.29, 1.82) is 0 Å². The van der Waals surface area contributed by atoms with E-state index in [4.69, 9.17) is 5.11 Å². The lowest BCUT2D eigenvalue weighted by Crippen LogP contribution is -2.62. The zero-order chi connectivity index (χ0) is 13.7. The molecule has 0 bridgehead atoms. The smallest absolute Gasteiger partial charge is 0.422 e. The summed E-state index contributed by atoms with van der Waals surface area (Å²) in [4.78, 5) is 21.8. The molecule has 5 nitrogen and oxygen atoms in total. The zero-order valence-electron chi connectivity index (χ0n) is 9.52. The third-order valence-corrected chi connectivity index (χ3v) is 2.16. The fourth-order valence-corrected chi connectivity index (χ4v) is 0.966. The van der Waals surface area contributed by atoms with E-state index in [9.17, 15) is 22.8 Å². The Labute approximate surface area is 96.4 Å². The second kappa shape index (κ2) is 5.85. The molecule has 3 N–H and O–H groups in total. The first-order chi connectivity index (χ1) is 7.65. The summed E-state index contributed by atoms with van der Waals surface area (Å²) in [6, 6.07) is 0. The third kappa shape index (κ3) is 4.22. The van der Waals surface area contributed by atoms with Crippen molar-refractivity contribution >= 4 is 11.9 Å². The van der Waals surface area contributed by atoms with Crippen molar-refractivity contribution < 1.29 is 27.9 Å². The van der Waals surface area contributed by atoms with Gasteiger partial charge in [0.05, 0.1) is 0 Å². The van der Waals surface area contributed by atoms with Crippen LogP contribution in [0.4, 0.5) is 13.2 Å². The molecule has 0 saturated carbocycles. The van der Waals surface area contributed by atoms with Crippen LogP contribution in [0.2, 0.25) is 0 Å². The predicted molar refractivity (Wildman–Crippen MR) is 53.4 cm³/mol. The average molecular weight is 256 g/mol. The normalized spacial score (nSPS) is 15.1. The Hall–Kier alpha value is -1.31. The maximum atomic E-state index is 12.5. The summed E-state index contributed by atoms with van der Waals surface area (Å²) in [5.74, 6) is -3.10.